The zero-order chi connectivity index (χ0) is 14.1. The smallest absolute Gasteiger partial charge is 0.134 e. The molecule has 0 amide bonds. The predicted octanol–water partition coefficient (Wildman–Crippen LogP) is 3.90. The van der Waals surface area contributed by atoms with E-state index in [-0.39, 0.29) is 6.04 Å². The summed E-state index contributed by atoms with van der Waals surface area (Å²) in [5, 5.41) is 1.10. The number of furan rings is 1. The first kappa shape index (κ1) is 13.6. The molecule has 0 radical (unpaired) electrons. The van der Waals surface area contributed by atoms with Gasteiger partial charge in [0.05, 0.1) is 0 Å². The van der Waals surface area contributed by atoms with Gasteiger partial charge in [0, 0.05) is 8.96 Å². The van der Waals surface area contributed by atoms with Crippen LogP contribution in [0, 0.1) is 10.5 Å². The number of nitrogens with two attached hydrogens (primary N) is 1. The second kappa shape index (κ2) is 5.55. The van der Waals surface area contributed by atoms with Crippen LogP contribution in [0.1, 0.15) is 22.9 Å². The van der Waals surface area contributed by atoms with Gasteiger partial charge in [-0.3, -0.25) is 5.84 Å². The molecule has 0 aliphatic heterocycles. The predicted molar refractivity (Wildman–Crippen MR) is 89.3 cm³/mol. The Bertz CT molecular complexity index is 751. The van der Waals surface area contributed by atoms with Crippen LogP contribution in [0.5, 0.6) is 0 Å². The number of aryl methyl sites for hydroxylation is 1. The van der Waals surface area contributed by atoms with Gasteiger partial charge < -0.3 is 4.42 Å². The standard InChI is InChI=1S/C16H15IN2O/c1-10-6-7-14-11(8-10)9-15(20-14)16(19-18)12-4-2-3-5-13(12)17/h2-9,16,19H,18H2,1H3. The van der Waals surface area contributed by atoms with Gasteiger partial charge in [-0.15, -0.1) is 0 Å². The van der Waals surface area contributed by atoms with E-state index in [1.54, 1.807) is 0 Å². The van der Waals surface area contributed by atoms with E-state index < -0.39 is 0 Å². The molecule has 20 heavy (non-hydrogen) atoms. The van der Waals surface area contributed by atoms with Crippen molar-refractivity contribution in [1.29, 1.82) is 0 Å². The molecule has 0 saturated heterocycles. The first-order valence-corrected chi connectivity index (χ1v) is 7.47. The molecule has 0 spiro atoms. The van der Waals surface area contributed by atoms with E-state index in [4.69, 9.17) is 10.3 Å². The zero-order valence-electron chi connectivity index (χ0n) is 11.1. The van der Waals surface area contributed by atoms with Crippen molar-refractivity contribution in [3.63, 3.8) is 0 Å². The number of nitrogens with one attached hydrogen (secondary N) is 1. The molecule has 0 saturated carbocycles. The summed E-state index contributed by atoms with van der Waals surface area (Å²) in [6.45, 7) is 2.07. The van der Waals surface area contributed by atoms with Crippen LogP contribution in [0.15, 0.2) is 52.9 Å². The molecular formula is C16H15IN2O. The summed E-state index contributed by atoms with van der Waals surface area (Å²) < 4.78 is 7.10. The number of rotatable bonds is 3. The maximum Gasteiger partial charge on any atom is 0.134 e. The fourth-order valence-electron chi connectivity index (χ4n) is 2.36. The number of hydrazine groups is 1. The number of halogens is 1. The molecule has 1 aromatic heterocycles. The Morgan fingerprint density at radius 2 is 1.95 bits per heavy atom. The molecule has 0 aliphatic carbocycles. The fraction of sp³-hybridized carbons (Fsp3) is 0.125. The average molecular weight is 378 g/mol. The van der Waals surface area contributed by atoms with Gasteiger partial charge in [0.25, 0.3) is 0 Å². The van der Waals surface area contributed by atoms with Crippen LogP contribution < -0.4 is 11.3 Å². The lowest BCUT2D eigenvalue weighted by Crippen LogP contribution is -2.29. The fourth-order valence-corrected chi connectivity index (χ4v) is 3.06. The highest BCUT2D eigenvalue weighted by Crippen LogP contribution is 2.30. The maximum atomic E-state index is 5.94. The highest BCUT2D eigenvalue weighted by Gasteiger charge is 2.19. The van der Waals surface area contributed by atoms with Crippen LogP contribution in [0.2, 0.25) is 0 Å². The lowest BCUT2D eigenvalue weighted by atomic mass is 10.0. The van der Waals surface area contributed by atoms with Crippen LogP contribution >= 0.6 is 22.6 Å². The van der Waals surface area contributed by atoms with Gasteiger partial charge in [0.2, 0.25) is 0 Å². The molecule has 2 aromatic carbocycles. The van der Waals surface area contributed by atoms with Gasteiger partial charge in [0.15, 0.2) is 0 Å². The number of hydrogen-bond donors (Lipinski definition) is 2. The SMILES string of the molecule is Cc1ccc2oc(C(NN)c3ccccc3I)cc2c1. The van der Waals surface area contributed by atoms with E-state index in [0.29, 0.717) is 0 Å². The van der Waals surface area contributed by atoms with Crippen molar-refractivity contribution >= 4 is 33.6 Å². The van der Waals surface area contributed by atoms with Crippen LogP contribution in [-0.2, 0) is 0 Å². The summed E-state index contributed by atoms with van der Waals surface area (Å²) in [6, 6.07) is 16.2. The molecule has 3 rings (SSSR count). The zero-order valence-corrected chi connectivity index (χ0v) is 13.2. The molecule has 3 nitrogen and oxygen atoms in total. The van der Waals surface area contributed by atoms with Crippen molar-refractivity contribution in [2.24, 2.45) is 5.84 Å². The van der Waals surface area contributed by atoms with Crippen molar-refractivity contribution in [3.8, 4) is 0 Å². The van der Waals surface area contributed by atoms with Crippen molar-refractivity contribution in [1.82, 2.24) is 5.43 Å². The molecule has 0 aliphatic rings. The van der Waals surface area contributed by atoms with E-state index >= 15 is 0 Å². The average Bonchev–Trinajstić information content (AvgIpc) is 2.84. The topological polar surface area (TPSA) is 51.2 Å². The Kier molecular flexibility index (Phi) is 3.78. The second-order valence-corrected chi connectivity index (χ2v) is 5.97. The van der Waals surface area contributed by atoms with Crippen molar-refractivity contribution in [2.75, 3.05) is 0 Å². The Labute approximate surface area is 131 Å². The van der Waals surface area contributed by atoms with Gasteiger partial charge in [-0.1, -0.05) is 29.8 Å². The van der Waals surface area contributed by atoms with E-state index in [0.717, 1.165) is 25.9 Å². The summed E-state index contributed by atoms with van der Waals surface area (Å²) in [7, 11) is 0. The van der Waals surface area contributed by atoms with E-state index in [9.17, 15) is 0 Å². The van der Waals surface area contributed by atoms with E-state index in [1.165, 1.54) is 5.56 Å². The van der Waals surface area contributed by atoms with Gasteiger partial charge in [-0.2, -0.15) is 0 Å². The first-order valence-electron chi connectivity index (χ1n) is 6.39. The number of hydrogen-bond acceptors (Lipinski definition) is 3. The van der Waals surface area contributed by atoms with Crippen molar-refractivity contribution in [3.05, 3.63) is 69.0 Å². The van der Waals surface area contributed by atoms with Crippen molar-refractivity contribution in [2.45, 2.75) is 13.0 Å². The van der Waals surface area contributed by atoms with Crippen molar-refractivity contribution < 1.29 is 4.42 Å². The molecule has 102 valence electrons. The molecule has 0 bridgehead atoms. The van der Waals surface area contributed by atoms with Crippen LogP contribution in [0.3, 0.4) is 0 Å². The molecule has 1 unspecified atom stereocenters. The normalized spacial score (nSPS) is 12.8. The van der Waals surface area contributed by atoms with Crippen LogP contribution in [0.25, 0.3) is 11.0 Å². The molecule has 1 atom stereocenters. The summed E-state index contributed by atoms with van der Waals surface area (Å²) in [6.07, 6.45) is 0. The number of fused-ring (bicyclic) bond motifs is 1. The first-order chi connectivity index (χ1) is 9.69. The summed E-state index contributed by atoms with van der Waals surface area (Å²) in [5.74, 6) is 6.57. The highest BCUT2D eigenvalue weighted by molar-refractivity contribution is 14.1. The second-order valence-electron chi connectivity index (χ2n) is 4.81. The lowest BCUT2D eigenvalue weighted by Gasteiger charge is -2.15. The van der Waals surface area contributed by atoms with E-state index in [2.05, 4.69) is 59.2 Å². The third kappa shape index (κ3) is 2.46. The minimum absolute atomic E-state index is 0.143. The van der Waals surface area contributed by atoms with Gasteiger partial charge >= 0.3 is 0 Å². The quantitative estimate of drug-likeness (QED) is 0.413. The third-order valence-corrected chi connectivity index (χ3v) is 4.34. The van der Waals surface area contributed by atoms with Gasteiger partial charge in [-0.05, 0) is 59.3 Å². The van der Waals surface area contributed by atoms with Gasteiger partial charge in [0.1, 0.15) is 17.4 Å². The van der Waals surface area contributed by atoms with Crippen LogP contribution in [0.4, 0.5) is 0 Å². The maximum absolute atomic E-state index is 5.94. The molecular weight excluding hydrogens is 363 g/mol. The summed E-state index contributed by atoms with van der Waals surface area (Å²) in [4.78, 5) is 0. The molecule has 0 fully saturated rings. The molecule has 1 heterocycles. The molecule has 3 aromatic rings. The third-order valence-electron chi connectivity index (χ3n) is 3.36. The molecule has 4 heteroatoms. The summed E-state index contributed by atoms with van der Waals surface area (Å²) >= 11 is 2.31. The van der Waals surface area contributed by atoms with E-state index in [1.807, 2.05) is 24.3 Å². The monoisotopic (exact) mass is 378 g/mol. The van der Waals surface area contributed by atoms with Crippen LogP contribution in [-0.4, -0.2) is 0 Å². The minimum atomic E-state index is -0.143. The summed E-state index contributed by atoms with van der Waals surface area (Å²) in [5.41, 5.74) is 6.07. The largest absolute Gasteiger partial charge is 0.459 e. The lowest BCUT2D eigenvalue weighted by molar-refractivity contribution is 0.476. The molecule has 3 N–H and O–H groups in total. The Morgan fingerprint density at radius 3 is 2.70 bits per heavy atom. The Hall–Kier alpha value is -1.37. The Balaban J connectivity index is 2.10. The Morgan fingerprint density at radius 1 is 1.15 bits per heavy atom. The minimum Gasteiger partial charge on any atom is -0.459 e. The number of benzene rings is 2. The highest BCUT2D eigenvalue weighted by atomic mass is 127. The van der Waals surface area contributed by atoms with Gasteiger partial charge in [-0.25, -0.2) is 5.43 Å².